The number of thioether (sulfide) groups is 1. The molecule has 0 saturated heterocycles. The predicted octanol–water partition coefficient (Wildman–Crippen LogP) is 4.93. The first-order valence-electron chi connectivity index (χ1n) is 8.98. The van der Waals surface area contributed by atoms with Crippen LogP contribution in [0.25, 0.3) is 22.3 Å². The second-order valence-electron chi connectivity index (χ2n) is 6.37. The Bertz CT molecular complexity index is 1030. The zero-order valence-electron chi connectivity index (χ0n) is 15.4. The summed E-state index contributed by atoms with van der Waals surface area (Å²) < 4.78 is 7.48. The highest BCUT2D eigenvalue weighted by Gasteiger charge is 2.19. The largest absolute Gasteiger partial charge is 0.383 e. The van der Waals surface area contributed by atoms with Gasteiger partial charge in [0.1, 0.15) is 0 Å². The number of nitrogens with zero attached hydrogens (tertiary/aromatic N) is 3. The molecule has 0 saturated carbocycles. The van der Waals surface area contributed by atoms with Gasteiger partial charge in [0.25, 0.3) is 0 Å². The number of aromatic nitrogens is 4. The number of hydrogen-bond donors (Lipinski definition) is 1. The molecule has 6 heteroatoms. The van der Waals surface area contributed by atoms with E-state index >= 15 is 0 Å². The summed E-state index contributed by atoms with van der Waals surface area (Å²) in [6, 6.07) is 18.7. The van der Waals surface area contributed by atoms with Crippen molar-refractivity contribution in [3.63, 3.8) is 0 Å². The molecule has 5 nitrogen and oxygen atoms in total. The van der Waals surface area contributed by atoms with Gasteiger partial charge in [-0.25, -0.2) is 0 Å². The van der Waals surface area contributed by atoms with Crippen LogP contribution < -0.4 is 0 Å². The molecule has 2 heterocycles. The van der Waals surface area contributed by atoms with Crippen molar-refractivity contribution in [1.29, 1.82) is 0 Å². The molecule has 4 aromatic rings. The fourth-order valence-corrected chi connectivity index (χ4v) is 4.17. The van der Waals surface area contributed by atoms with Crippen LogP contribution in [-0.2, 0) is 11.3 Å². The summed E-state index contributed by atoms with van der Waals surface area (Å²) in [7, 11) is 1.72. The minimum Gasteiger partial charge on any atom is -0.383 e. The fourth-order valence-electron chi connectivity index (χ4n) is 3.17. The summed E-state index contributed by atoms with van der Waals surface area (Å²) in [6.07, 6.45) is 2.01. The number of benzene rings is 2. The van der Waals surface area contributed by atoms with Crippen LogP contribution in [0.5, 0.6) is 0 Å². The van der Waals surface area contributed by atoms with Gasteiger partial charge in [-0.1, -0.05) is 60.3 Å². The molecule has 0 fully saturated rings. The van der Waals surface area contributed by atoms with E-state index in [1.165, 1.54) is 5.56 Å². The topological polar surface area (TPSA) is 55.7 Å². The molecule has 0 aliphatic heterocycles. The number of para-hydroxylation sites is 1. The first-order valence-corrected chi connectivity index (χ1v) is 9.86. The van der Waals surface area contributed by atoms with Crippen LogP contribution >= 0.6 is 11.8 Å². The first-order chi connectivity index (χ1) is 13.3. The van der Waals surface area contributed by atoms with Crippen LogP contribution in [0.4, 0.5) is 0 Å². The van der Waals surface area contributed by atoms with Gasteiger partial charge in [0.15, 0.2) is 11.0 Å². The highest BCUT2D eigenvalue weighted by atomic mass is 32.2. The summed E-state index contributed by atoms with van der Waals surface area (Å²) in [5.41, 5.74) is 3.44. The lowest BCUT2D eigenvalue weighted by Gasteiger charge is -2.13. The monoisotopic (exact) mass is 378 g/mol. The van der Waals surface area contributed by atoms with Crippen molar-refractivity contribution in [1.82, 2.24) is 19.7 Å². The summed E-state index contributed by atoms with van der Waals surface area (Å²) in [4.78, 5) is 3.33. The first kappa shape index (κ1) is 17.8. The van der Waals surface area contributed by atoms with Gasteiger partial charge in [-0.2, -0.15) is 0 Å². The summed E-state index contributed by atoms with van der Waals surface area (Å²) in [6.45, 7) is 3.52. The minimum absolute atomic E-state index is 0.285. The number of methoxy groups -OCH3 is 1. The lowest BCUT2D eigenvalue weighted by molar-refractivity contribution is 0.185. The molecule has 4 rings (SSSR count). The Hall–Kier alpha value is -2.57. The normalized spacial score (nSPS) is 12.5. The molecule has 0 aliphatic rings. The molecule has 27 heavy (non-hydrogen) atoms. The van der Waals surface area contributed by atoms with E-state index in [2.05, 4.69) is 63.1 Å². The van der Waals surface area contributed by atoms with Gasteiger partial charge >= 0.3 is 0 Å². The molecular formula is C21H22N4OS. The molecule has 0 amide bonds. The average Bonchev–Trinajstić information content (AvgIpc) is 3.30. The van der Waals surface area contributed by atoms with Crippen LogP contribution in [0.3, 0.4) is 0 Å². The van der Waals surface area contributed by atoms with Crippen molar-refractivity contribution in [2.75, 3.05) is 13.7 Å². The fraction of sp³-hybridized carbons (Fsp3) is 0.238. The van der Waals surface area contributed by atoms with Gasteiger partial charge in [-0.05, 0) is 18.6 Å². The molecule has 138 valence electrons. The van der Waals surface area contributed by atoms with Crippen LogP contribution in [0.15, 0.2) is 66.0 Å². The van der Waals surface area contributed by atoms with Crippen LogP contribution in [0, 0.1) is 0 Å². The Kier molecular flexibility index (Phi) is 5.27. The molecule has 0 bridgehead atoms. The van der Waals surface area contributed by atoms with E-state index in [1.807, 2.05) is 24.4 Å². The van der Waals surface area contributed by atoms with E-state index in [-0.39, 0.29) is 5.25 Å². The maximum absolute atomic E-state index is 5.33. The SMILES string of the molecule is COCCn1c(SC(C)c2ccccc2)nnc1-c1c[nH]c2ccccc12. The quantitative estimate of drug-likeness (QED) is 0.464. The average molecular weight is 379 g/mol. The van der Waals surface area contributed by atoms with Crippen molar-refractivity contribution >= 4 is 22.7 Å². The number of nitrogens with one attached hydrogen (secondary N) is 1. The van der Waals surface area contributed by atoms with E-state index < -0.39 is 0 Å². The number of hydrogen-bond acceptors (Lipinski definition) is 4. The van der Waals surface area contributed by atoms with Crippen molar-refractivity contribution in [3.05, 3.63) is 66.4 Å². The molecule has 0 aliphatic carbocycles. The third kappa shape index (κ3) is 3.63. The van der Waals surface area contributed by atoms with Crippen LogP contribution in [0.2, 0.25) is 0 Å². The number of aromatic amines is 1. The Morgan fingerprint density at radius 1 is 1.07 bits per heavy atom. The Balaban J connectivity index is 1.71. The number of rotatable bonds is 7. The van der Waals surface area contributed by atoms with Crippen molar-refractivity contribution in [3.8, 4) is 11.4 Å². The minimum atomic E-state index is 0.285. The van der Waals surface area contributed by atoms with Crippen LogP contribution in [-0.4, -0.2) is 33.5 Å². The van der Waals surface area contributed by atoms with Gasteiger partial charge in [0.2, 0.25) is 0 Å². The number of H-pyrrole nitrogens is 1. The smallest absolute Gasteiger partial charge is 0.192 e. The van der Waals surface area contributed by atoms with Gasteiger partial charge in [0.05, 0.1) is 13.2 Å². The highest BCUT2D eigenvalue weighted by molar-refractivity contribution is 7.99. The van der Waals surface area contributed by atoms with Gasteiger partial charge in [0, 0.05) is 35.0 Å². The van der Waals surface area contributed by atoms with Crippen molar-refractivity contribution in [2.24, 2.45) is 0 Å². The maximum atomic E-state index is 5.33. The van der Waals surface area contributed by atoms with E-state index in [9.17, 15) is 0 Å². The summed E-state index contributed by atoms with van der Waals surface area (Å²) >= 11 is 1.72. The van der Waals surface area contributed by atoms with Crippen molar-refractivity contribution in [2.45, 2.75) is 23.9 Å². The van der Waals surface area contributed by atoms with Crippen LogP contribution in [0.1, 0.15) is 17.7 Å². The van der Waals surface area contributed by atoms with Gasteiger partial charge < -0.3 is 9.72 Å². The highest BCUT2D eigenvalue weighted by Crippen LogP contribution is 2.36. The molecule has 2 aromatic heterocycles. The van der Waals surface area contributed by atoms with Gasteiger partial charge in [-0.3, -0.25) is 4.57 Å². The van der Waals surface area contributed by atoms with E-state index in [4.69, 9.17) is 4.74 Å². The summed E-state index contributed by atoms with van der Waals surface area (Å²) in [5, 5.41) is 11.4. The van der Waals surface area contributed by atoms with E-state index in [1.54, 1.807) is 18.9 Å². The van der Waals surface area contributed by atoms with Crippen molar-refractivity contribution < 1.29 is 4.74 Å². The zero-order valence-corrected chi connectivity index (χ0v) is 16.2. The molecule has 1 atom stereocenters. The molecule has 1 N–H and O–H groups in total. The van der Waals surface area contributed by atoms with Gasteiger partial charge in [-0.15, -0.1) is 10.2 Å². The molecule has 0 spiro atoms. The zero-order chi connectivity index (χ0) is 18.6. The lowest BCUT2D eigenvalue weighted by Crippen LogP contribution is -2.08. The number of fused-ring (bicyclic) bond motifs is 1. The second-order valence-corrected chi connectivity index (χ2v) is 7.68. The third-order valence-corrected chi connectivity index (χ3v) is 5.76. The predicted molar refractivity (Wildman–Crippen MR) is 110 cm³/mol. The standard InChI is InChI=1S/C21H22N4OS/c1-15(16-8-4-3-5-9-16)27-21-24-23-20(25(21)12-13-26-2)18-14-22-19-11-7-6-10-17(18)19/h3-11,14-15,22H,12-13H2,1-2H3. The Morgan fingerprint density at radius 2 is 1.85 bits per heavy atom. The van der Waals surface area contributed by atoms with E-state index in [0.29, 0.717) is 13.2 Å². The molecule has 0 radical (unpaired) electrons. The maximum Gasteiger partial charge on any atom is 0.192 e. The lowest BCUT2D eigenvalue weighted by atomic mass is 10.1. The van der Waals surface area contributed by atoms with E-state index in [0.717, 1.165) is 27.4 Å². The third-order valence-electron chi connectivity index (χ3n) is 4.62. The summed E-state index contributed by atoms with van der Waals surface area (Å²) in [5.74, 6) is 0.868. The Morgan fingerprint density at radius 3 is 2.67 bits per heavy atom. The number of ether oxygens (including phenoxy) is 1. The second kappa shape index (κ2) is 7.98. The molecule has 1 unspecified atom stereocenters. The molecule has 2 aromatic carbocycles. The molecular weight excluding hydrogens is 356 g/mol. The Labute approximate surface area is 162 Å².